The Kier molecular flexibility index (Phi) is 6.26. The van der Waals surface area contributed by atoms with Crippen molar-refractivity contribution in [2.45, 2.75) is 4.90 Å². The third-order valence-electron chi connectivity index (χ3n) is 2.08. The molecule has 2 aromatic rings. The molecule has 0 fully saturated rings. The van der Waals surface area contributed by atoms with Crippen LogP contribution in [0.25, 0.3) is 10.8 Å². The molecule has 3 N–H and O–H groups in total. The molecule has 7 heteroatoms. The fourth-order valence-electron chi connectivity index (χ4n) is 1.37. The first kappa shape index (κ1) is 17.0. The van der Waals surface area contributed by atoms with Gasteiger partial charge in [0.1, 0.15) is 15.9 Å². The Hall–Kier alpha value is 0.00636. The maximum atomic E-state index is 10.7. The van der Waals surface area contributed by atoms with Gasteiger partial charge in [-0.2, -0.15) is 0 Å². The van der Waals surface area contributed by atoms with Gasteiger partial charge in [-0.05, 0) is 35.0 Å². The van der Waals surface area contributed by atoms with Crippen LogP contribution in [0.1, 0.15) is 0 Å². The second kappa shape index (κ2) is 6.25. The van der Waals surface area contributed by atoms with Crippen LogP contribution in [0.4, 0.5) is 0 Å². The van der Waals surface area contributed by atoms with Crippen molar-refractivity contribution in [2.75, 3.05) is 0 Å². The van der Waals surface area contributed by atoms with E-state index in [1.807, 2.05) is 0 Å². The zero-order valence-corrected chi connectivity index (χ0v) is 13.0. The second-order valence-corrected chi connectivity index (χ2v) is 4.53. The van der Waals surface area contributed by atoms with Gasteiger partial charge in [-0.25, -0.2) is 8.42 Å². The summed E-state index contributed by atoms with van der Waals surface area (Å²) >= 11 is 0. The van der Waals surface area contributed by atoms with E-state index in [0.29, 0.717) is 10.8 Å². The van der Waals surface area contributed by atoms with Crippen LogP contribution in [0.2, 0.25) is 0 Å². The van der Waals surface area contributed by atoms with Crippen LogP contribution in [0, 0.1) is 0 Å². The zero-order chi connectivity index (χ0) is 11.1. The molecular weight excluding hydrogens is 271 g/mol. The normalized spacial score (nSPS) is 10.4. The van der Waals surface area contributed by atoms with Crippen molar-refractivity contribution in [3.8, 4) is 5.75 Å². The number of rotatable bonds is 1. The van der Waals surface area contributed by atoms with E-state index in [2.05, 4.69) is 0 Å². The molecule has 2 rings (SSSR count). The van der Waals surface area contributed by atoms with Crippen molar-refractivity contribution < 1.29 is 74.9 Å². The van der Waals surface area contributed by atoms with Gasteiger partial charge in [0.2, 0.25) is 0 Å². The number of phenols is 1. The number of fused-ring (bicyclic) bond motifs is 1. The quantitative estimate of drug-likeness (QED) is 0.465. The van der Waals surface area contributed by atoms with Crippen LogP contribution in [0.5, 0.6) is 5.75 Å². The van der Waals surface area contributed by atoms with Gasteiger partial charge in [0.05, 0.1) is 4.90 Å². The number of hydrogen-bond donors (Lipinski definition) is 1. The fourth-order valence-corrected chi connectivity index (χ4v) is 1.87. The Morgan fingerprint density at radius 1 is 1.00 bits per heavy atom. The molecule has 17 heavy (non-hydrogen) atoms. The molecule has 0 bridgehead atoms. The fraction of sp³-hybridized carbons (Fsp3) is 0. The molecule has 0 spiro atoms. The summed E-state index contributed by atoms with van der Waals surface area (Å²) in [4.78, 5) is -0.263. The number of hydrogen-bond acceptors (Lipinski definition) is 4. The summed E-state index contributed by atoms with van der Waals surface area (Å²) in [5.41, 5.74) is 0. The molecule has 0 amide bonds. The molecule has 2 aromatic carbocycles. The van der Waals surface area contributed by atoms with Gasteiger partial charge in [0, 0.05) is 0 Å². The van der Waals surface area contributed by atoms with E-state index < -0.39 is 10.1 Å². The first-order valence-corrected chi connectivity index (χ1v) is 5.56. The molecule has 0 aliphatic heterocycles. The molecule has 0 saturated carbocycles. The molecule has 0 aliphatic carbocycles. The maximum Gasteiger partial charge on any atom is 1.00 e. The van der Waals surface area contributed by atoms with Crippen LogP contribution in [-0.2, 0) is 10.1 Å². The summed E-state index contributed by atoms with van der Waals surface area (Å²) in [5.74, 6) is 0.0974. The van der Waals surface area contributed by atoms with E-state index in [-0.39, 0.29) is 67.5 Å². The van der Waals surface area contributed by atoms with E-state index in [4.69, 9.17) is 0 Å². The van der Waals surface area contributed by atoms with Crippen molar-refractivity contribution in [3.05, 3.63) is 36.4 Å². The van der Waals surface area contributed by atoms with Crippen molar-refractivity contribution in [1.29, 1.82) is 0 Å². The first-order valence-electron chi connectivity index (χ1n) is 4.15. The number of phenolic OH excluding ortho intramolecular Hbond substituents is 1. The molecule has 0 radical (unpaired) electrons. The van der Waals surface area contributed by atoms with E-state index in [1.54, 1.807) is 6.07 Å². The Labute approximate surface area is 141 Å². The van der Waals surface area contributed by atoms with E-state index in [0.717, 1.165) is 0 Å². The van der Waals surface area contributed by atoms with E-state index in [9.17, 15) is 18.1 Å². The number of aromatic hydroxyl groups is 1. The van der Waals surface area contributed by atoms with Gasteiger partial charge in [0.15, 0.2) is 0 Å². The predicted octanol–water partition coefficient (Wildman–Crippen LogP) is -2.37. The largest absolute Gasteiger partial charge is 1.00 e. The summed E-state index contributed by atoms with van der Waals surface area (Å²) < 4.78 is 32.2. The van der Waals surface area contributed by atoms with Gasteiger partial charge in [-0.1, -0.05) is 12.1 Å². The molecule has 0 saturated heterocycles. The van der Waals surface area contributed by atoms with Crippen LogP contribution < -0.4 is 51.4 Å². The summed E-state index contributed by atoms with van der Waals surface area (Å²) in [6.07, 6.45) is 0. The smallest absolute Gasteiger partial charge is 0.744 e. The number of benzene rings is 2. The van der Waals surface area contributed by atoms with Gasteiger partial charge < -0.3 is 15.1 Å². The molecule has 5 nitrogen and oxygen atoms in total. The standard InChI is InChI=1S/C10H8O4S.K.H2O/c11-9-3-1-8-6-10(15(12,13)14)4-2-7(8)5-9;;/h1-6,11H,(H,12,13,14);;1H2/q;+1;/p-1. The predicted molar refractivity (Wildman–Crippen MR) is 57.2 cm³/mol. The SMILES string of the molecule is O.O=S(=O)([O-])c1ccc2cc(O)ccc2c1.[K+]. The Morgan fingerprint density at radius 3 is 2.12 bits per heavy atom. The molecule has 86 valence electrons. The first-order chi connectivity index (χ1) is 6.97. The van der Waals surface area contributed by atoms with Crippen molar-refractivity contribution >= 4 is 20.9 Å². The van der Waals surface area contributed by atoms with Gasteiger partial charge in [0.25, 0.3) is 0 Å². The molecule has 0 unspecified atom stereocenters. The average Bonchev–Trinajstić information content (AvgIpc) is 2.15. The summed E-state index contributed by atoms with van der Waals surface area (Å²) in [7, 11) is -4.42. The molecule has 0 aromatic heterocycles. The Morgan fingerprint density at radius 2 is 1.53 bits per heavy atom. The minimum Gasteiger partial charge on any atom is -0.744 e. The third-order valence-corrected chi connectivity index (χ3v) is 2.92. The topological polar surface area (TPSA) is 109 Å². The second-order valence-electron chi connectivity index (χ2n) is 3.15. The van der Waals surface area contributed by atoms with Crippen molar-refractivity contribution in [3.63, 3.8) is 0 Å². The monoisotopic (exact) mass is 280 g/mol. The Bertz CT molecular complexity index is 624. The molecular formula is C10H9KO5S. The van der Waals surface area contributed by atoms with E-state index >= 15 is 0 Å². The van der Waals surface area contributed by atoms with Gasteiger partial charge in [-0.3, -0.25) is 0 Å². The van der Waals surface area contributed by atoms with Gasteiger partial charge in [-0.15, -0.1) is 0 Å². The van der Waals surface area contributed by atoms with Crippen LogP contribution >= 0.6 is 0 Å². The molecule has 0 aliphatic rings. The minimum atomic E-state index is -4.42. The van der Waals surface area contributed by atoms with Crippen molar-refractivity contribution in [1.82, 2.24) is 0 Å². The summed E-state index contributed by atoms with van der Waals surface area (Å²) in [6, 6.07) is 8.49. The average molecular weight is 280 g/mol. The van der Waals surface area contributed by atoms with Crippen LogP contribution in [0.15, 0.2) is 41.3 Å². The summed E-state index contributed by atoms with van der Waals surface area (Å²) in [6.45, 7) is 0. The van der Waals surface area contributed by atoms with Gasteiger partial charge >= 0.3 is 51.4 Å². The van der Waals surface area contributed by atoms with Crippen LogP contribution in [0.3, 0.4) is 0 Å². The summed E-state index contributed by atoms with van der Waals surface area (Å²) in [5, 5.41) is 10.5. The van der Waals surface area contributed by atoms with Crippen molar-refractivity contribution in [2.24, 2.45) is 0 Å². The maximum absolute atomic E-state index is 10.7. The molecule has 0 atom stereocenters. The zero-order valence-electron chi connectivity index (χ0n) is 9.04. The minimum absolute atomic E-state index is 0. The Balaban J connectivity index is 0.00000128. The van der Waals surface area contributed by atoms with Crippen LogP contribution in [-0.4, -0.2) is 23.6 Å². The molecule has 0 heterocycles. The third kappa shape index (κ3) is 4.00. The van der Waals surface area contributed by atoms with E-state index in [1.165, 1.54) is 30.3 Å².